The van der Waals surface area contributed by atoms with E-state index in [-0.39, 0.29) is 11.5 Å². The molecule has 2 rings (SSSR count). The van der Waals surface area contributed by atoms with Gasteiger partial charge in [0.1, 0.15) is 0 Å². The zero-order chi connectivity index (χ0) is 15.6. The van der Waals surface area contributed by atoms with Crippen LogP contribution in [0.3, 0.4) is 0 Å². The van der Waals surface area contributed by atoms with Crippen LogP contribution in [-0.4, -0.2) is 40.0 Å². The van der Waals surface area contributed by atoms with Crippen molar-refractivity contribution in [1.29, 1.82) is 0 Å². The summed E-state index contributed by atoms with van der Waals surface area (Å²) < 4.78 is 13.6. The summed E-state index contributed by atoms with van der Waals surface area (Å²) in [7, 11) is 0. The maximum Gasteiger partial charge on any atom is 0.309 e. The maximum absolute atomic E-state index is 13.6. The van der Waals surface area contributed by atoms with Crippen molar-refractivity contribution in [2.75, 3.05) is 13.1 Å². The lowest BCUT2D eigenvalue weighted by Gasteiger charge is -2.39. The van der Waals surface area contributed by atoms with Crippen LogP contribution in [0.1, 0.15) is 37.0 Å². The molecule has 1 aliphatic heterocycles. The molecule has 0 radical (unpaired) electrons. The Bertz CT molecular complexity index is 560. The highest BCUT2D eigenvalue weighted by Crippen LogP contribution is 2.34. The molecule has 2 heterocycles. The number of aromatic nitrogens is 1. The summed E-state index contributed by atoms with van der Waals surface area (Å²) in [6.45, 7) is 4.17. The van der Waals surface area contributed by atoms with Gasteiger partial charge in [-0.15, -0.1) is 0 Å². The van der Waals surface area contributed by atoms with Gasteiger partial charge in [0.05, 0.1) is 11.0 Å². The predicted molar refractivity (Wildman–Crippen MR) is 74.2 cm³/mol. The number of hydrogen-bond acceptors (Lipinski definition) is 3. The summed E-state index contributed by atoms with van der Waals surface area (Å²) in [5.41, 5.74) is -0.974. The normalized spacial score (nSPS) is 19.4. The standard InChI is InChI=1S/C15H19FN2O3/c1-15(2,14(20)21)10-5-4-8-18(9-10)13(19)11-6-3-7-17-12(11)16/h3,6-7,10H,4-5,8-9H2,1-2H3,(H,20,21). The number of hydrogen-bond donors (Lipinski definition) is 1. The molecule has 5 nitrogen and oxygen atoms in total. The number of rotatable bonds is 3. The van der Waals surface area contributed by atoms with Crippen LogP contribution < -0.4 is 0 Å². The minimum Gasteiger partial charge on any atom is -0.481 e. The number of carbonyl (C=O) groups excluding carboxylic acids is 1. The Labute approximate surface area is 122 Å². The predicted octanol–water partition coefficient (Wildman–Crippen LogP) is 2.18. The Morgan fingerprint density at radius 3 is 2.81 bits per heavy atom. The van der Waals surface area contributed by atoms with Gasteiger partial charge in [0.25, 0.3) is 5.91 Å². The van der Waals surface area contributed by atoms with E-state index in [1.54, 1.807) is 13.8 Å². The van der Waals surface area contributed by atoms with E-state index >= 15 is 0 Å². The number of carboxylic acid groups (broad SMARTS) is 1. The molecule has 6 heteroatoms. The zero-order valence-electron chi connectivity index (χ0n) is 12.2. The largest absolute Gasteiger partial charge is 0.481 e. The number of aliphatic carboxylic acids is 1. The quantitative estimate of drug-likeness (QED) is 0.867. The first-order chi connectivity index (χ1) is 9.84. The van der Waals surface area contributed by atoms with E-state index in [0.717, 1.165) is 12.8 Å². The number of halogens is 1. The topological polar surface area (TPSA) is 70.5 Å². The molecule has 1 N–H and O–H groups in total. The van der Waals surface area contributed by atoms with E-state index in [2.05, 4.69) is 4.98 Å². The van der Waals surface area contributed by atoms with Crippen molar-refractivity contribution in [1.82, 2.24) is 9.88 Å². The molecule has 1 aromatic heterocycles. The molecule has 0 spiro atoms. The Hall–Kier alpha value is -1.98. The van der Waals surface area contributed by atoms with E-state index in [0.29, 0.717) is 13.1 Å². The van der Waals surface area contributed by atoms with Crippen molar-refractivity contribution in [3.8, 4) is 0 Å². The van der Waals surface area contributed by atoms with Crippen molar-refractivity contribution < 1.29 is 19.1 Å². The maximum atomic E-state index is 13.6. The fourth-order valence-corrected chi connectivity index (χ4v) is 2.64. The van der Waals surface area contributed by atoms with Gasteiger partial charge in [0, 0.05) is 19.3 Å². The number of likely N-dealkylation sites (tertiary alicyclic amines) is 1. The van der Waals surface area contributed by atoms with Crippen molar-refractivity contribution in [3.63, 3.8) is 0 Å². The summed E-state index contributed by atoms with van der Waals surface area (Å²) in [5, 5.41) is 9.31. The highest BCUT2D eigenvalue weighted by molar-refractivity contribution is 5.94. The third-order valence-corrected chi connectivity index (χ3v) is 4.27. The molecule has 0 saturated carbocycles. The number of carbonyl (C=O) groups is 2. The minimum absolute atomic E-state index is 0.0636. The number of piperidine rings is 1. The third kappa shape index (κ3) is 3.04. The molecule has 0 bridgehead atoms. The van der Waals surface area contributed by atoms with Crippen LogP contribution in [0.15, 0.2) is 18.3 Å². The van der Waals surface area contributed by atoms with Crippen LogP contribution in [0, 0.1) is 17.3 Å². The molecule has 1 aromatic rings. The second-order valence-corrected chi connectivity index (χ2v) is 5.96. The lowest BCUT2D eigenvalue weighted by Crippen LogP contribution is -2.47. The fourth-order valence-electron chi connectivity index (χ4n) is 2.64. The van der Waals surface area contributed by atoms with Gasteiger partial charge in [-0.05, 0) is 44.7 Å². The number of carboxylic acids is 1. The summed E-state index contributed by atoms with van der Waals surface area (Å²) in [6.07, 6.45) is 2.76. The molecule has 0 aliphatic carbocycles. The zero-order valence-corrected chi connectivity index (χ0v) is 12.2. The molecular weight excluding hydrogens is 275 g/mol. The Balaban J connectivity index is 2.17. The van der Waals surface area contributed by atoms with Crippen LogP contribution >= 0.6 is 0 Å². The molecule has 1 atom stereocenters. The Kier molecular flexibility index (Phi) is 4.25. The van der Waals surface area contributed by atoms with Gasteiger partial charge in [-0.2, -0.15) is 4.39 Å². The van der Waals surface area contributed by atoms with E-state index in [4.69, 9.17) is 0 Å². The summed E-state index contributed by atoms with van der Waals surface area (Å²) in [5.74, 6) is -2.24. The molecular formula is C15H19FN2O3. The summed E-state index contributed by atoms with van der Waals surface area (Å²) in [4.78, 5) is 28.7. The van der Waals surface area contributed by atoms with E-state index < -0.39 is 23.2 Å². The molecule has 1 aliphatic rings. The minimum atomic E-state index is -0.910. The lowest BCUT2D eigenvalue weighted by atomic mass is 9.74. The smallest absolute Gasteiger partial charge is 0.309 e. The molecule has 1 saturated heterocycles. The van der Waals surface area contributed by atoms with Gasteiger partial charge in [-0.1, -0.05) is 0 Å². The SMILES string of the molecule is CC(C)(C(=O)O)C1CCCN(C(=O)c2cccnc2F)C1. The van der Waals surface area contributed by atoms with Crippen molar-refractivity contribution in [3.05, 3.63) is 29.8 Å². The van der Waals surface area contributed by atoms with Crippen LogP contribution in [0.25, 0.3) is 0 Å². The summed E-state index contributed by atoms with van der Waals surface area (Å²) >= 11 is 0. The molecule has 1 fully saturated rings. The van der Waals surface area contributed by atoms with Crippen molar-refractivity contribution in [2.24, 2.45) is 11.3 Å². The second kappa shape index (κ2) is 5.79. The van der Waals surface area contributed by atoms with E-state index in [1.165, 1.54) is 23.2 Å². The lowest BCUT2D eigenvalue weighted by molar-refractivity contribution is -0.151. The van der Waals surface area contributed by atoms with Crippen molar-refractivity contribution >= 4 is 11.9 Å². The van der Waals surface area contributed by atoms with Crippen LogP contribution in [0.2, 0.25) is 0 Å². The average molecular weight is 294 g/mol. The van der Waals surface area contributed by atoms with E-state index in [1.807, 2.05) is 0 Å². The Morgan fingerprint density at radius 1 is 1.48 bits per heavy atom. The van der Waals surface area contributed by atoms with Gasteiger partial charge in [0.15, 0.2) is 0 Å². The molecule has 114 valence electrons. The van der Waals surface area contributed by atoms with Crippen LogP contribution in [-0.2, 0) is 4.79 Å². The third-order valence-electron chi connectivity index (χ3n) is 4.27. The highest BCUT2D eigenvalue weighted by atomic mass is 19.1. The monoisotopic (exact) mass is 294 g/mol. The molecule has 1 amide bonds. The van der Waals surface area contributed by atoms with Crippen LogP contribution in [0.4, 0.5) is 4.39 Å². The average Bonchev–Trinajstić information content (AvgIpc) is 2.47. The van der Waals surface area contributed by atoms with Gasteiger partial charge >= 0.3 is 5.97 Å². The fraction of sp³-hybridized carbons (Fsp3) is 0.533. The first kappa shape index (κ1) is 15.4. The van der Waals surface area contributed by atoms with Gasteiger partial charge in [-0.3, -0.25) is 9.59 Å². The second-order valence-electron chi connectivity index (χ2n) is 5.96. The first-order valence-electron chi connectivity index (χ1n) is 6.97. The molecule has 0 aromatic carbocycles. The van der Waals surface area contributed by atoms with Gasteiger partial charge < -0.3 is 10.0 Å². The van der Waals surface area contributed by atoms with Gasteiger partial charge in [0.2, 0.25) is 5.95 Å². The highest BCUT2D eigenvalue weighted by Gasteiger charge is 2.40. The number of nitrogens with zero attached hydrogens (tertiary/aromatic N) is 2. The van der Waals surface area contributed by atoms with Crippen LogP contribution in [0.5, 0.6) is 0 Å². The van der Waals surface area contributed by atoms with Crippen molar-refractivity contribution in [2.45, 2.75) is 26.7 Å². The number of pyridine rings is 1. The molecule has 21 heavy (non-hydrogen) atoms. The van der Waals surface area contributed by atoms with E-state index in [9.17, 15) is 19.1 Å². The Morgan fingerprint density at radius 2 is 2.19 bits per heavy atom. The van der Waals surface area contributed by atoms with Gasteiger partial charge in [-0.25, -0.2) is 4.98 Å². The number of amides is 1. The molecule has 1 unspecified atom stereocenters. The summed E-state index contributed by atoms with van der Waals surface area (Å²) in [6, 6.07) is 2.91. The first-order valence-corrected chi connectivity index (χ1v) is 6.97.